The minimum atomic E-state index is -1.91. The summed E-state index contributed by atoms with van der Waals surface area (Å²) < 4.78 is 116. The van der Waals surface area contributed by atoms with Crippen LogP contribution in [-0.4, -0.2) is 165 Å². The van der Waals surface area contributed by atoms with Crippen molar-refractivity contribution in [1.29, 1.82) is 0 Å². The number of aliphatic hydroxyl groups is 2. The van der Waals surface area contributed by atoms with E-state index < -0.39 is 142 Å². The van der Waals surface area contributed by atoms with Gasteiger partial charge in [0.2, 0.25) is 0 Å². The molecule has 8 aromatic rings. The second-order valence-corrected chi connectivity index (χ2v) is 26.4. The summed E-state index contributed by atoms with van der Waals surface area (Å²) in [4.78, 5) is 38.6. The lowest BCUT2D eigenvalue weighted by Gasteiger charge is -2.51. The van der Waals surface area contributed by atoms with E-state index in [1.807, 2.05) is 250 Å². The maximum atomic E-state index is 13.1. The largest absolute Gasteiger partial charge is 0.463 e. The predicted octanol–water partition coefficient (Wildman–Crippen LogP) is 11.1. The molecule has 0 radical (unpaired) electrons. The summed E-state index contributed by atoms with van der Waals surface area (Å²) in [6.45, 7) is 4.51. The number of esters is 3. The summed E-state index contributed by atoms with van der Waals surface area (Å²) >= 11 is 0. The minimum absolute atomic E-state index is 0.00388. The quantitative estimate of drug-likeness (QED) is 0.0268. The van der Waals surface area contributed by atoms with Gasteiger partial charge in [-0.2, -0.15) is 0 Å². The van der Waals surface area contributed by atoms with Gasteiger partial charge in [-0.1, -0.05) is 243 Å². The summed E-state index contributed by atoms with van der Waals surface area (Å²) in [6.07, 6.45) is -24.1. The molecule has 22 heteroatoms. The third kappa shape index (κ3) is 24.0. The number of hydrogen-bond acceptors (Lipinski definition) is 22. The minimum Gasteiger partial charge on any atom is -0.463 e. The van der Waals surface area contributed by atoms with Crippen LogP contribution in [0, 0.1) is 0 Å². The van der Waals surface area contributed by atoms with E-state index in [9.17, 15) is 24.6 Å². The van der Waals surface area contributed by atoms with Crippen LogP contribution in [0.5, 0.6) is 0 Å². The zero-order valence-electron chi connectivity index (χ0n) is 60.5. The summed E-state index contributed by atoms with van der Waals surface area (Å²) in [5, 5.41) is 24.8. The van der Waals surface area contributed by atoms with E-state index in [2.05, 4.69) is 0 Å². The number of carbonyl (C=O) groups excluding carboxylic acids is 3. The van der Waals surface area contributed by atoms with Crippen molar-refractivity contribution in [3.05, 3.63) is 287 Å². The average Bonchev–Trinajstić information content (AvgIpc) is 0.840. The zero-order valence-corrected chi connectivity index (χ0v) is 60.5. The van der Waals surface area contributed by atoms with Gasteiger partial charge in [-0.3, -0.25) is 14.4 Å². The van der Waals surface area contributed by atoms with Gasteiger partial charge in [-0.05, 0) is 51.4 Å². The first-order chi connectivity index (χ1) is 52.3. The van der Waals surface area contributed by atoms with Crippen LogP contribution in [0.2, 0.25) is 0 Å². The fraction of sp³-hybridized carbons (Fsp3) is 0.400. The molecule has 3 heterocycles. The first-order valence-corrected chi connectivity index (χ1v) is 36.2. The van der Waals surface area contributed by atoms with Gasteiger partial charge in [0.05, 0.1) is 78.8 Å². The Morgan fingerprint density at radius 1 is 0.364 bits per heavy atom. The van der Waals surface area contributed by atoms with E-state index in [4.69, 9.17) is 80.5 Å². The molecule has 3 saturated heterocycles. The van der Waals surface area contributed by atoms with Gasteiger partial charge in [0, 0.05) is 20.8 Å². The van der Waals surface area contributed by atoms with E-state index in [0.29, 0.717) is 0 Å². The Morgan fingerprint density at radius 2 is 0.729 bits per heavy atom. The molecule has 0 saturated carbocycles. The van der Waals surface area contributed by atoms with Crippen molar-refractivity contribution in [3.8, 4) is 0 Å². The third-order valence-electron chi connectivity index (χ3n) is 18.3. The molecular weight excluding hydrogens is 1370 g/mol. The smallest absolute Gasteiger partial charge is 0.303 e. The third-order valence-corrected chi connectivity index (χ3v) is 18.3. The number of ether oxygens (including phenoxy) is 17. The molecule has 2 N–H and O–H groups in total. The molecule has 0 bridgehead atoms. The Balaban J connectivity index is 1.04. The molecule has 3 aliphatic heterocycles. The molecule has 3 aliphatic rings. The van der Waals surface area contributed by atoms with Crippen LogP contribution < -0.4 is 0 Å². The van der Waals surface area contributed by atoms with Gasteiger partial charge in [-0.25, -0.2) is 0 Å². The highest BCUT2D eigenvalue weighted by Crippen LogP contribution is 2.40. The van der Waals surface area contributed by atoms with E-state index >= 15 is 0 Å². The number of hydrogen-bond donors (Lipinski definition) is 2. The number of rotatable bonds is 39. The Morgan fingerprint density at radius 3 is 1.18 bits per heavy atom. The van der Waals surface area contributed by atoms with E-state index in [1.165, 1.54) is 6.92 Å². The molecular formula is C85H96O22. The lowest BCUT2D eigenvalue weighted by Crippen LogP contribution is -2.68. The van der Waals surface area contributed by atoms with Crippen LogP contribution in [0.1, 0.15) is 72.2 Å². The highest BCUT2D eigenvalue weighted by molar-refractivity contribution is 5.68. The second kappa shape index (κ2) is 41.8. The van der Waals surface area contributed by atoms with E-state index in [1.54, 1.807) is 0 Å². The van der Waals surface area contributed by atoms with Gasteiger partial charge in [0.25, 0.3) is 0 Å². The lowest BCUT2D eigenvalue weighted by molar-refractivity contribution is -0.395. The molecule has 11 rings (SSSR count). The van der Waals surface area contributed by atoms with Crippen molar-refractivity contribution in [2.45, 2.75) is 191 Å². The Labute approximate surface area is 624 Å². The van der Waals surface area contributed by atoms with Crippen LogP contribution in [0.3, 0.4) is 0 Å². The number of aliphatic hydroxyl groups excluding tert-OH is 2. The standard InChI is InChI=1S/C85H96O22/c1-57-74(95-49-64-35-19-8-20-36-64)79(81(98-52-67-41-25-11-26-42-67)84(100-57)103-69(45-86)75(96-50-65-37-21-9-22-38-65)70(94-48-63-33-17-7-18-34-63)54-91-46-61-29-13-5-14-30-61)107-85-82(99-53-68-43-27-12-28-44-68)80(106-83-73(90)78(102-60(4)89)77(101-59(3)88)72(104-83)56-93-58(2)87)76(97-51-66-39-23-10-24-40-66)71(105-85)55-92-47-62-31-15-6-16-32-62/h5-44,57,69-86,90H,45-56H2,1-4H3/t57-,69+,70-,71+,72+,73+,74-,75+,76+,77-,78+,79+,80-,81+,82+,83+,84-,85+/m0/s1. The topological polar surface area (TPSA) is 249 Å². The van der Waals surface area contributed by atoms with Crippen molar-refractivity contribution >= 4 is 17.9 Å². The van der Waals surface area contributed by atoms with Crippen molar-refractivity contribution in [3.63, 3.8) is 0 Å². The van der Waals surface area contributed by atoms with Crippen molar-refractivity contribution < 1.29 is 105 Å². The SMILES string of the molecule is CC(=O)OC[C@H]1O[C@H](O[C@@H]2[C@@H](OCc3ccccc3)[C@@H](O[C@@H]3[C@@H](OCc4ccccc4)[C@H](C)O[C@@H](O[C@H](CO)[C@@H](OCc4ccccc4)[C@H](COCc4ccccc4)OCc4ccccc4)[C@@H]3OCc3ccccc3)O[C@H](COCc3ccccc3)[C@H]2OCc2ccccc2)[C@H](O)[C@@H](OC(C)=O)[C@H]1OC(C)=O. The molecule has 8 aromatic carbocycles. The molecule has 0 aliphatic carbocycles. The van der Waals surface area contributed by atoms with Crippen LogP contribution in [0.4, 0.5) is 0 Å². The zero-order chi connectivity index (χ0) is 74.5. The van der Waals surface area contributed by atoms with Crippen LogP contribution in [0.25, 0.3) is 0 Å². The van der Waals surface area contributed by atoms with Gasteiger partial charge in [0.15, 0.2) is 31.1 Å². The Hall–Kier alpha value is -8.47. The van der Waals surface area contributed by atoms with Crippen LogP contribution >= 0.6 is 0 Å². The van der Waals surface area contributed by atoms with Crippen molar-refractivity contribution in [2.75, 3.05) is 26.4 Å². The molecule has 0 amide bonds. The van der Waals surface area contributed by atoms with E-state index in [0.717, 1.165) is 58.4 Å². The first kappa shape index (κ1) is 79.6. The molecule has 107 heavy (non-hydrogen) atoms. The van der Waals surface area contributed by atoms with Gasteiger partial charge >= 0.3 is 17.9 Å². The Bertz CT molecular complexity index is 3840. The normalized spacial score (nSPS) is 25.2. The summed E-state index contributed by atoms with van der Waals surface area (Å²) in [7, 11) is 0. The van der Waals surface area contributed by atoms with E-state index in [-0.39, 0.29) is 66.1 Å². The molecule has 568 valence electrons. The lowest BCUT2D eigenvalue weighted by atomic mass is 9.95. The first-order valence-electron chi connectivity index (χ1n) is 36.2. The molecule has 0 aromatic heterocycles. The van der Waals surface area contributed by atoms with Gasteiger partial charge in [-0.15, -0.1) is 0 Å². The van der Waals surface area contributed by atoms with Crippen molar-refractivity contribution in [2.24, 2.45) is 0 Å². The van der Waals surface area contributed by atoms with Gasteiger partial charge in [0.1, 0.15) is 79.9 Å². The highest BCUT2D eigenvalue weighted by atomic mass is 16.8. The summed E-state index contributed by atoms with van der Waals surface area (Å²) in [5.74, 6) is -2.35. The monoisotopic (exact) mass is 1470 g/mol. The molecule has 18 atom stereocenters. The average molecular weight is 1470 g/mol. The summed E-state index contributed by atoms with van der Waals surface area (Å²) in [5.41, 5.74) is 6.62. The fourth-order valence-electron chi connectivity index (χ4n) is 13.0. The molecule has 22 nitrogen and oxygen atoms in total. The fourth-order valence-corrected chi connectivity index (χ4v) is 13.0. The molecule has 0 spiro atoms. The number of benzene rings is 8. The van der Waals surface area contributed by atoms with Gasteiger partial charge < -0.3 is 90.7 Å². The number of carbonyl (C=O) groups is 3. The summed E-state index contributed by atoms with van der Waals surface area (Å²) in [6, 6.07) is 76.7. The maximum Gasteiger partial charge on any atom is 0.303 e. The van der Waals surface area contributed by atoms with Crippen LogP contribution in [0.15, 0.2) is 243 Å². The maximum absolute atomic E-state index is 13.1. The molecule has 0 unspecified atom stereocenters. The molecule has 3 fully saturated rings. The highest BCUT2D eigenvalue weighted by Gasteiger charge is 2.58. The van der Waals surface area contributed by atoms with Crippen molar-refractivity contribution in [1.82, 2.24) is 0 Å². The Kier molecular flexibility index (Phi) is 31.1. The van der Waals surface area contributed by atoms with Crippen LogP contribution in [-0.2, 0) is 148 Å². The predicted molar refractivity (Wildman–Crippen MR) is 389 cm³/mol. The second-order valence-electron chi connectivity index (χ2n) is 26.4.